The topological polar surface area (TPSA) is 92.0 Å². The summed E-state index contributed by atoms with van der Waals surface area (Å²) < 4.78 is 0. The molecule has 0 spiro atoms. The van der Waals surface area contributed by atoms with Gasteiger partial charge in [0, 0.05) is 27.8 Å². The molecular weight excluding hydrogens is 783 g/mol. The average molecular weight is 837 g/mol. The van der Waals surface area contributed by atoms with E-state index in [9.17, 15) is 0 Å². The normalized spacial score (nSPS) is 10.7. The van der Waals surface area contributed by atoms with Gasteiger partial charge in [-0.25, -0.2) is 9.97 Å². The number of aromatic nitrogens is 4. The molecule has 0 saturated carbocycles. The van der Waals surface area contributed by atoms with Gasteiger partial charge in [0.25, 0.3) is 0 Å². The van der Waals surface area contributed by atoms with Gasteiger partial charge in [-0.3, -0.25) is 9.97 Å². The fraction of sp³-hybridized carbons (Fsp3) is 0.185. The van der Waals surface area contributed by atoms with Crippen molar-refractivity contribution < 1.29 is 10.0 Å². The van der Waals surface area contributed by atoms with Crippen LogP contribution < -0.4 is 5.46 Å². The van der Waals surface area contributed by atoms with Crippen LogP contribution in [-0.4, -0.2) is 37.1 Å². The van der Waals surface area contributed by atoms with Gasteiger partial charge in [-0.15, -0.1) is 0 Å². The van der Waals surface area contributed by atoms with Crippen LogP contribution >= 0.6 is 11.6 Å². The predicted molar refractivity (Wildman–Crippen MR) is 260 cm³/mol. The molecule has 0 aliphatic carbocycles. The molecule has 8 aromatic rings. The maximum atomic E-state index is 8.76. The van der Waals surface area contributed by atoms with Gasteiger partial charge in [0.2, 0.25) is 0 Å². The summed E-state index contributed by atoms with van der Waals surface area (Å²) in [4.78, 5) is 19.2. The molecule has 0 unspecified atom stereocenters. The smallest absolute Gasteiger partial charge is 0.423 e. The molecule has 8 rings (SSSR count). The van der Waals surface area contributed by atoms with Crippen molar-refractivity contribution in [3.63, 3.8) is 0 Å². The van der Waals surface area contributed by atoms with E-state index in [2.05, 4.69) is 169 Å². The molecule has 2 N–H and O–H groups in total. The summed E-state index contributed by atoms with van der Waals surface area (Å²) >= 11 is 6.12. The molecule has 0 aliphatic rings. The van der Waals surface area contributed by atoms with Gasteiger partial charge >= 0.3 is 7.12 Å². The van der Waals surface area contributed by atoms with E-state index in [0.29, 0.717) is 10.6 Å². The number of halogens is 1. The molecule has 8 heteroatoms. The Labute approximate surface area is 372 Å². The third-order valence-corrected chi connectivity index (χ3v) is 10.6. The fourth-order valence-electron chi connectivity index (χ4n) is 7.89. The highest BCUT2D eigenvalue weighted by Crippen LogP contribution is 2.35. The molecule has 6 aromatic carbocycles. The second kappa shape index (κ2) is 20.1. The van der Waals surface area contributed by atoms with Gasteiger partial charge in [-0.1, -0.05) is 134 Å². The van der Waals surface area contributed by atoms with Crippen molar-refractivity contribution >= 4 is 24.2 Å². The number of benzene rings is 6. The van der Waals surface area contributed by atoms with E-state index in [-0.39, 0.29) is 0 Å². The number of hydrogen-bond donors (Lipinski definition) is 2. The minimum atomic E-state index is -1.35. The Morgan fingerprint density at radius 2 is 0.758 bits per heavy atom. The molecule has 0 fully saturated rings. The fourth-order valence-corrected chi connectivity index (χ4v) is 8.03. The minimum absolute atomic E-state index is 0.410. The van der Waals surface area contributed by atoms with Crippen LogP contribution in [0.5, 0.6) is 0 Å². The molecule has 0 radical (unpaired) electrons. The third-order valence-electron chi connectivity index (χ3n) is 10.4. The molecule has 0 saturated heterocycles. The SMILES string of the molecule is Cc1cc(C)cc(-c2ncc(-c3ccccc3C)nc2-c2cc(C)cc(C)c2)c1.Cc1cc(C)cc(-c2ncc(Cl)nc2-c2cc(C)cc(C)c2)c1.Cc1ccccc1B(O)O. The van der Waals surface area contributed by atoms with Crippen molar-refractivity contribution in [1.29, 1.82) is 0 Å². The van der Waals surface area contributed by atoms with Gasteiger partial charge in [-0.2, -0.15) is 0 Å². The highest BCUT2D eigenvalue weighted by Gasteiger charge is 2.17. The van der Waals surface area contributed by atoms with Crippen LogP contribution in [0.1, 0.15) is 55.6 Å². The number of nitrogens with zero attached hydrogens (tertiary/aromatic N) is 4. The van der Waals surface area contributed by atoms with Crippen LogP contribution in [0.25, 0.3) is 56.3 Å². The Hall–Kier alpha value is -6.25. The minimum Gasteiger partial charge on any atom is -0.423 e. The highest BCUT2D eigenvalue weighted by molar-refractivity contribution is 6.59. The first-order valence-corrected chi connectivity index (χ1v) is 21.1. The number of aryl methyl sites for hydroxylation is 10. The Bertz CT molecular complexity index is 2790. The monoisotopic (exact) mass is 836 g/mol. The molecule has 2 heterocycles. The Morgan fingerprint density at radius 1 is 0.403 bits per heavy atom. The number of hydrogen-bond acceptors (Lipinski definition) is 6. The van der Waals surface area contributed by atoms with Crippen LogP contribution in [-0.2, 0) is 0 Å². The molecule has 6 nitrogen and oxygen atoms in total. The van der Waals surface area contributed by atoms with E-state index in [4.69, 9.17) is 31.6 Å². The molecule has 0 atom stereocenters. The van der Waals surface area contributed by atoms with Crippen molar-refractivity contribution in [2.24, 2.45) is 0 Å². The van der Waals surface area contributed by atoms with E-state index >= 15 is 0 Å². The van der Waals surface area contributed by atoms with Crippen molar-refractivity contribution in [1.82, 2.24) is 19.9 Å². The van der Waals surface area contributed by atoms with E-state index in [0.717, 1.165) is 61.9 Å². The molecule has 0 aliphatic heterocycles. The lowest BCUT2D eigenvalue weighted by Crippen LogP contribution is -2.31. The van der Waals surface area contributed by atoms with Crippen LogP contribution in [0.2, 0.25) is 5.15 Å². The first-order valence-electron chi connectivity index (χ1n) is 20.8. The Morgan fingerprint density at radius 3 is 1.15 bits per heavy atom. The highest BCUT2D eigenvalue weighted by atomic mass is 35.5. The zero-order valence-electron chi connectivity index (χ0n) is 37.3. The van der Waals surface area contributed by atoms with Gasteiger partial charge in [0.15, 0.2) is 0 Å². The van der Waals surface area contributed by atoms with Crippen LogP contribution in [0.3, 0.4) is 0 Å². The van der Waals surface area contributed by atoms with Crippen LogP contribution in [0, 0.1) is 69.2 Å². The van der Waals surface area contributed by atoms with Gasteiger partial charge in [0.05, 0.1) is 40.9 Å². The summed E-state index contributed by atoms with van der Waals surface area (Å²) in [5.41, 5.74) is 22.4. The number of rotatable bonds is 6. The summed E-state index contributed by atoms with van der Waals surface area (Å²) in [6, 6.07) is 41.5. The second-order valence-corrected chi connectivity index (χ2v) is 16.8. The second-order valence-electron chi connectivity index (χ2n) is 16.4. The summed E-state index contributed by atoms with van der Waals surface area (Å²) in [7, 11) is -1.35. The summed E-state index contributed by atoms with van der Waals surface area (Å²) in [5.74, 6) is 0. The van der Waals surface area contributed by atoms with E-state index in [1.54, 1.807) is 18.3 Å². The maximum absolute atomic E-state index is 8.76. The average Bonchev–Trinajstić information content (AvgIpc) is 3.20. The standard InChI is InChI=1S/C27H26N2.C20H19ClN2.C7H9BO2/c1-17-10-18(2)13-22(12-17)26-27(23-14-19(3)11-20(4)15-23)29-25(16-28-26)24-9-7-6-8-21(24)5;1-12-5-13(2)8-16(7-12)19-20(23-18(21)11-22-19)17-9-14(3)6-15(4)10-17;1-6-4-2-3-5-7(6)8(9)10/h6-16H,1-5H3;5-11H,1-4H3;2-5,9-10H,1H3. The van der Waals surface area contributed by atoms with Crippen molar-refractivity contribution in [3.8, 4) is 56.3 Å². The molecule has 0 bridgehead atoms. The van der Waals surface area contributed by atoms with Gasteiger partial charge < -0.3 is 10.0 Å². The molecule has 312 valence electrons. The Balaban J connectivity index is 0.000000173. The van der Waals surface area contributed by atoms with E-state index in [1.165, 1.54) is 50.1 Å². The van der Waals surface area contributed by atoms with Crippen molar-refractivity contribution in [2.75, 3.05) is 0 Å². The van der Waals surface area contributed by atoms with Crippen molar-refractivity contribution in [3.05, 3.63) is 195 Å². The zero-order valence-corrected chi connectivity index (χ0v) is 38.1. The molecule has 0 amide bonds. The molecule has 2 aromatic heterocycles. The molecular formula is C54H54BClN4O2. The van der Waals surface area contributed by atoms with Crippen molar-refractivity contribution in [2.45, 2.75) is 69.2 Å². The van der Waals surface area contributed by atoms with Gasteiger partial charge in [-0.05, 0) is 129 Å². The quantitative estimate of drug-likeness (QED) is 0.162. The van der Waals surface area contributed by atoms with Crippen LogP contribution in [0.4, 0.5) is 0 Å². The largest absolute Gasteiger partial charge is 0.488 e. The van der Waals surface area contributed by atoms with Gasteiger partial charge in [0.1, 0.15) is 5.15 Å². The first kappa shape index (κ1) is 45.3. The Kier molecular flexibility index (Phi) is 14.7. The summed E-state index contributed by atoms with van der Waals surface area (Å²) in [6.07, 6.45) is 3.52. The predicted octanol–water partition coefficient (Wildman–Crippen LogP) is 12.4. The lowest BCUT2D eigenvalue weighted by molar-refractivity contribution is 0.425. The maximum Gasteiger partial charge on any atom is 0.488 e. The summed E-state index contributed by atoms with van der Waals surface area (Å²) in [6.45, 7) is 20.8. The van der Waals surface area contributed by atoms with E-state index in [1.807, 2.05) is 25.3 Å². The lowest BCUT2D eigenvalue weighted by Gasteiger charge is -2.14. The van der Waals surface area contributed by atoms with Crippen LogP contribution in [0.15, 0.2) is 134 Å². The molecule has 62 heavy (non-hydrogen) atoms. The first-order chi connectivity index (χ1) is 29.5. The third kappa shape index (κ3) is 11.6. The summed E-state index contributed by atoms with van der Waals surface area (Å²) in [5, 5.41) is 17.9. The van der Waals surface area contributed by atoms with E-state index < -0.39 is 7.12 Å². The zero-order chi connectivity index (χ0) is 44.7. The lowest BCUT2D eigenvalue weighted by atomic mass is 9.77.